The van der Waals surface area contributed by atoms with Crippen molar-refractivity contribution in [2.24, 2.45) is 0 Å². The maximum atomic E-state index is 11.9. The summed E-state index contributed by atoms with van der Waals surface area (Å²) in [5, 5.41) is 7.00. The Labute approximate surface area is 150 Å². The van der Waals surface area contributed by atoms with Crippen molar-refractivity contribution in [1.82, 2.24) is 16.0 Å². The Kier molecular flexibility index (Phi) is 6.95. The summed E-state index contributed by atoms with van der Waals surface area (Å²) in [6, 6.07) is 5.93. The monoisotopic (exact) mass is 363 g/mol. The summed E-state index contributed by atoms with van der Waals surface area (Å²) in [6.45, 7) is 1.38. The minimum atomic E-state index is -0.790. The molecule has 4 amide bonds. The summed E-state index contributed by atoms with van der Waals surface area (Å²) in [4.78, 5) is 46.3. The van der Waals surface area contributed by atoms with E-state index in [1.165, 1.54) is 0 Å². The van der Waals surface area contributed by atoms with Gasteiger partial charge in [-0.1, -0.05) is 0 Å². The highest BCUT2D eigenvalue weighted by molar-refractivity contribution is 5.97. The summed E-state index contributed by atoms with van der Waals surface area (Å²) in [5.74, 6) is -1.35. The van der Waals surface area contributed by atoms with E-state index in [9.17, 15) is 19.2 Å². The molecule has 26 heavy (non-hydrogen) atoms. The Hall–Kier alpha value is -3.10. The Balaban J connectivity index is 1.64. The lowest BCUT2D eigenvalue weighted by Gasteiger charge is -2.08. The molecule has 1 aromatic carbocycles. The second-order valence-electron chi connectivity index (χ2n) is 5.60. The van der Waals surface area contributed by atoms with Crippen LogP contribution in [0.3, 0.4) is 0 Å². The van der Waals surface area contributed by atoms with Crippen LogP contribution in [-0.4, -0.2) is 49.6 Å². The Bertz CT molecular complexity index is 670. The third kappa shape index (κ3) is 6.80. The molecule has 0 aromatic heterocycles. The Morgan fingerprint density at radius 2 is 1.81 bits per heavy atom. The van der Waals surface area contributed by atoms with Crippen molar-refractivity contribution in [2.45, 2.75) is 25.8 Å². The quantitative estimate of drug-likeness (QED) is 0.573. The predicted molar refractivity (Wildman–Crippen MR) is 90.6 cm³/mol. The largest absolute Gasteiger partial charge is 0.494 e. The SMILES string of the molecule is CCOc1ccc(C(=O)NCC(=O)OCC(=O)NC(=O)NC2CC2)cc1. The number of esters is 1. The second kappa shape index (κ2) is 9.40. The minimum Gasteiger partial charge on any atom is -0.494 e. The van der Waals surface area contributed by atoms with E-state index in [2.05, 4.69) is 10.6 Å². The van der Waals surface area contributed by atoms with Crippen LogP contribution in [0.5, 0.6) is 5.75 Å². The fraction of sp³-hybridized carbons (Fsp3) is 0.412. The first-order valence-electron chi connectivity index (χ1n) is 8.25. The lowest BCUT2D eigenvalue weighted by atomic mass is 10.2. The molecule has 9 heteroatoms. The molecular formula is C17H21N3O6. The first-order chi connectivity index (χ1) is 12.5. The zero-order valence-electron chi connectivity index (χ0n) is 14.4. The number of nitrogens with one attached hydrogen (secondary N) is 3. The average Bonchev–Trinajstić information content (AvgIpc) is 3.42. The summed E-state index contributed by atoms with van der Waals surface area (Å²) in [7, 11) is 0. The standard InChI is InChI=1S/C17H21N3O6/c1-2-25-13-7-3-11(4-8-13)16(23)18-9-15(22)26-10-14(21)20-17(24)19-12-5-6-12/h3-4,7-8,12H,2,5-6,9-10H2,1H3,(H,18,23)(H2,19,20,21,24). The van der Waals surface area contributed by atoms with Crippen LogP contribution in [0.1, 0.15) is 30.1 Å². The number of hydrogen-bond donors (Lipinski definition) is 3. The second-order valence-corrected chi connectivity index (χ2v) is 5.60. The van der Waals surface area contributed by atoms with Crippen LogP contribution in [-0.2, 0) is 14.3 Å². The van der Waals surface area contributed by atoms with Gasteiger partial charge in [0, 0.05) is 11.6 Å². The summed E-state index contributed by atoms with van der Waals surface area (Å²) in [6.07, 6.45) is 1.79. The Morgan fingerprint density at radius 1 is 1.12 bits per heavy atom. The van der Waals surface area contributed by atoms with Gasteiger partial charge >= 0.3 is 12.0 Å². The van der Waals surface area contributed by atoms with Crippen LogP contribution in [0.2, 0.25) is 0 Å². The van der Waals surface area contributed by atoms with Gasteiger partial charge in [-0.25, -0.2) is 4.79 Å². The molecule has 0 spiro atoms. The topological polar surface area (TPSA) is 123 Å². The maximum Gasteiger partial charge on any atom is 0.325 e. The third-order valence-corrected chi connectivity index (χ3v) is 3.35. The molecule has 0 heterocycles. The number of ether oxygens (including phenoxy) is 2. The molecular weight excluding hydrogens is 342 g/mol. The van der Waals surface area contributed by atoms with Crippen LogP contribution in [0, 0.1) is 0 Å². The van der Waals surface area contributed by atoms with E-state index in [1.807, 2.05) is 12.2 Å². The molecule has 3 N–H and O–H groups in total. The van der Waals surface area contributed by atoms with Crippen LogP contribution in [0.15, 0.2) is 24.3 Å². The van der Waals surface area contributed by atoms with Crippen LogP contribution in [0.4, 0.5) is 4.79 Å². The van der Waals surface area contributed by atoms with Crippen molar-refractivity contribution in [1.29, 1.82) is 0 Å². The number of carbonyl (C=O) groups excluding carboxylic acids is 4. The normalized spacial score (nSPS) is 12.7. The highest BCUT2D eigenvalue weighted by atomic mass is 16.5. The van der Waals surface area contributed by atoms with E-state index in [0.717, 1.165) is 12.8 Å². The van der Waals surface area contributed by atoms with E-state index in [0.29, 0.717) is 17.9 Å². The molecule has 0 radical (unpaired) electrons. The van der Waals surface area contributed by atoms with Crippen LogP contribution in [0.25, 0.3) is 0 Å². The van der Waals surface area contributed by atoms with Gasteiger partial charge in [-0.05, 0) is 44.0 Å². The fourth-order valence-electron chi connectivity index (χ4n) is 1.93. The molecule has 0 atom stereocenters. The average molecular weight is 363 g/mol. The smallest absolute Gasteiger partial charge is 0.325 e. The van der Waals surface area contributed by atoms with Gasteiger partial charge in [-0.2, -0.15) is 0 Å². The number of imide groups is 1. The van der Waals surface area contributed by atoms with Crippen LogP contribution >= 0.6 is 0 Å². The molecule has 1 saturated carbocycles. The molecule has 1 aliphatic rings. The molecule has 0 saturated heterocycles. The first-order valence-corrected chi connectivity index (χ1v) is 8.25. The van der Waals surface area contributed by atoms with Gasteiger partial charge in [0.15, 0.2) is 6.61 Å². The van der Waals surface area contributed by atoms with Crippen molar-refractivity contribution in [3.05, 3.63) is 29.8 Å². The van der Waals surface area contributed by atoms with Gasteiger partial charge in [0.1, 0.15) is 12.3 Å². The third-order valence-electron chi connectivity index (χ3n) is 3.35. The fourth-order valence-corrected chi connectivity index (χ4v) is 1.93. The Morgan fingerprint density at radius 3 is 2.42 bits per heavy atom. The van der Waals surface area contributed by atoms with Crippen molar-refractivity contribution < 1.29 is 28.7 Å². The molecule has 0 bridgehead atoms. The number of amides is 4. The lowest BCUT2D eigenvalue weighted by Crippen LogP contribution is -2.42. The number of urea groups is 1. The highest BCUT2D eigenvalue weighted by Crippen LogP contribution is 2.18. The molecule has 140 valence electrons. The van der Waals surface area contributed by atoms with Gasteiger partial charge in [0.05, 0.1) is 6.61 Å². The number of rotatable bonds is 8. The summed E-state index contributed by atoms with van der Waals surface area (Å²) < 4.78 is 9.97. The molecule has 2 rings (SSSR count). The van der Waals surface area contributed by atoms with Crippen LogP contribution < -0.4 is 20.7 Å². The van der Waals surface area contributed by atoms with Gasteiger partial charge in [-0.3, -0.25) is 19.7 Å². The zero-order valence-corrected chi connectivity index (χ0v) is 14.4. The van der Waals surface area contributed by atoms with E-state index in [4.69, 9.17) is 9.47 Å². The van der Waals surface area contributed by atoms with Gasteiger partial charge in [0.2, 0.25) is 0 Å². The number of hydrogen-bond acceptors (Lipinski definition) is 6. The number of benzene rings is 1. The molecule has 1 fully saturated rings. The minimum absolute atomic E-state index is 0.114. The van der Waals surface area contributed by atoms with Gasteiger partial charge in [-0.15, -0.1) is 0 Å². The molecule has 1 aliphatic carbocycles. The zero-order chi connectivity index (χ0) is 18.9. The van der Waals surface area contributed by atoms with E-state index >= 15 is 0 Å². The van der Waals surface area contributed by atoms with Gasteiger partial charge in [0.25, 0.3) is 11.8 Å². The highest BCUT2D eigenvalue weighted by Gasteiger charge is 2.24. The molecule has 9 nitrogen and oxygen atoms in total. The molecule has 0 unspecified atom stereocenters. The van der Waals surface area contributed by atoms with Crippen molar-refractivity contribution in [3.8, 4) is 5.75 Å². The predicted octanol–water partition coefficient (Wildman–Crippen LogP) is 0.347. The first kappa shape index (κ1) is 19.2. The number of carbonyl (C=O) groups is 4. The van der Waals surface area contributed by atoms with Crippen molar-refractivity contribution in [2.75, 3.05) is 19.8 Å². The lowest BCUT2D eigenvalue weighted by molar-refractivity contribution is -0.147. The van der Waals surface area contributed by atoms with E-state index < -0.39 is 37.0 Å². The molecule has 0 aliphatic heterocycles. The van der Waals surface area contributed by atoms with Crippen molar-refractivity contribution >= 4 is 23.8 Å². The molecule has 1 aromatic rings. The maximum absolute atomic E-state index is 11.9. The van der Waals surface area contributed by atoms with E-state index in [1.54, 1.807) is 24.3 Å². The van der Waals surface area contributed by atoms with E-state index in [-0.39, 0.29) is 6.04 Å². The summed E-state index contributed by atoms with van der Waals surface area (Å²) >= 11 is 0. The van der Waals surface area contributed by atoms with Crippen molar-refractivity contribution in [3.63, 3.8) is 0 Å². The van der Waals surface area contributed by atoms with Gasteiger partial charge < -0.3 is 20.1 Å². The summed E-state index contributed by atoms with van der Waals surface area (Å²) in [5.41, 5.74) is 0.357.